The molecule has 3 rings (SSSR count). The topological polar surface area (TPSA) is 75.9 Å². The maximum atomic E-state index is 12.5. The van der Waals surface area contributed by atoms with Gasteiger partial charge in [-0.1, -0.05) is 18.2 Å². The van der Waals surface area contributed by atoms with E-state index in [9.17, 15) is 9.59 Å². The molecule has 7 nitrogen and oxygen atoms in total. The van der Waals surface area contributed by atoms with Gasteiger partial charge in [0.1, 0.15) is 11.3 Å². The maximum Gasteiger partial charge on any atom is 0.332 e. The van der Waals surface area contributed by atoms with Gasteiger partial charge < -0.3 is 9.88 Å². The van der Waals surface area contributed by atoms with E-state index in [1.807, 2.05) is 62.3 Å². The summed E-state index contributed by atoms with van der Waals surface area (Å²) in [6, 6.07) is 8.10. The van der Waals surface area contributed by atoms with Gasteiger partial charge in [-0.05, 0) is 37.6 Å². The van der Waals surface area contributed by atoms with Gasteiger partial charge in [-0.2, -0.15) is 0 Å². The molecule has 0 radical (unpaired) electrons. The molecule has 7 heteroatoms. The van der Waals surface area contributed by atoms with Crippen LogP contribution in [0.3, 0.4) is 0 Å². The van der Waals surface area contributed by atoms with Crippen molar-refractivity contribution in [2.45, 2.75) is 26.9 Å². The average Bonchev–Trinajstić information content (AvgIpc) is 3.05. The van der Waals surface area contributed by atoms with E-state index in [0.717, 1.165) is 11.3 Å². The van der Waals surface area contributed by atoms with Gasteiger partial charge in [0.15, 0.2) is 5.65 Å². The Morgan fingerprint density at radius 3 is 2.27 bits per heavy atom. The van der Waals surface area contributed by atoms with E-state index in [-0.39, 0.29) is 11.2 Å². The third kappa shape index (κ3) is 3.08. The standard InChI is InChI=1S/C19H23N5O2/c1-5-23-17-16(18(25)24(6-2)19(23)26)20-15(21-17)12-9-13-7-10-14(11-8-13)22(3)4/h7-12H,5-6H2,1-4H3,(H,20,21). The number of hydrogen-bond acceptors (Lipinski definition) is 4. The molecule has 0 saturated carbocycles. The highest BCUT2D eigenvalue weighted by atomic mass is 16.2. The molecule has 26 heavy (non-hydrogen) atoms. The Bertz CT molecular complexity index is 1070. The molecule has 2 aromatic heterocycles. The van der Waals surface area contributed by atoms with Crippen molar-refractivity contribution in [1.82, 2.24) is 19.1 Å². The number of H-pyrrole nitrogens is 1. The molecule has 0 aliphatic carbocycles. The normalized spacial score (nSPS) is 11.5. The molecule has 0 spiro atoms. The number of hydrogen-bond donors (Lipinski definition) is 1. The van der Waals surface area contributed by atoms with Gasteiger partial charge in [-0.25, -0.2) is 9.78 Å². The SMILES string of the molecule is CCn1c(=O)c2[nH]c(C=Cc3ccc(N(C)C)cc3)nc2n(CC)c1=O. The van der Waals surface area contributed by atoms with Crippen molar-refractivity contribution in [3.63, 3.8) is 0 Å². The van der Waals surface area contributed by atoms with Gasteiger partial charge in [0.05, 0.1) is 0 Å². The number of nitrogens with zero attached hydrogens (tertiary/aromatic N) is 4. The zero-order valence-electron chi connectivity index (χ0n) is 15.5. The molecule has 0 unspecified atom stereocenters. The molecular formula is C19H23N5O2. The van der Waals surface area contributed by atoms with Crippen LogP contribution in [0.2, 0.25) is 0 Å². The first-order chi connectivity index (χ1) is 12.5. The van der Waals surface area contributed by atoms with Crippen LogP contribution in [0.15, 0.2) is 33.9 Å². The summed E-state index contributed by atoms with van der Waals surface area (Å²) in [5.41, 5.74) is 2.24. The van der Waals surface area contributed by atoms with E-state index in [4.69, 9.17) is 0 Å². The van der Waals surface area contributed by atoms with E-state index in [1.165, 1.54) is 9.13 Å². The van der Waals surface area contributed by atoms with Crippen LogP contribution in [0.5, 0.6) is 0 Å². The zero-order valence-corrected chi connectivity index (χ0v) is 15.5. The molecule has 0 bridgehead atoms. The van der Waals surface area contributed by atoms with Gasteiger partial charge in [0, 0.05) is 32.9 Å². The molecule has 0 fully saturated rings. The quantitative estimate of drug-likeness (QED) is 0.763. The molecule has 1 aromatic carbocycles. The molecule has 3 aromatic rings. The summed E-state index contributed by atoms with van der Waals surface area (Å²) in [7, 11) is 3.99. The van der Waals surface area contributed by atoms with Gasteiger partial charge in [0.25, 0.3) is 5.56 Å². The van der Waals surface area contributed by atoms with Crippen molar-refractivity contribution in [1.29, 1.82) is 0 Å². The Labute approximate surface area is 151 Å². The van der Waals surface area contributed by atoms with Crippen LogP contribution in [0.1, 0.15) is 25.2 Å². The van der Waals surface area contributed by atoms with Crippen LogP contribution in [-0.2, 0) is 13.1 Å². The van der Waals surface area contributed by atoms with Crippen molar-refractivity contribution in [3.05, 3.63) is 56.5 Å². The number of nitrogens with one attached hydrogen (secondary N) is 1. The van der Waals surface area contributed by atoms with Gasteiger partial charge >= 0.3 is 5.69 Å². The average molecular weight is 353 g/mol. The molecule has 0 aliphatic heterocycles. The molecule has 0 saturated heterocycles. The molecular weight excluding hydrogens is 330 g/mol. The van der Waals surface area contributed by atoms with Gasteiger partial charge in [-0.3, -0.25) is 13.9 Å². The number of rotatable bonds is 5. The fourth-order valence-corrected chi connectivity index (χ4v) is 2.89. The van der Waals surface area contributed by atoms with Crippen LogP contribution in [0.4, 0.5) is 5.69 Å². The second-order valence-electron chi connectivity index (χ2n) is 6.22. The van der Waals surface area contributed by atoms with Crippen molar-refractivity contribution in [2.75, 3.05) is 19.0 Å². The highest BCUT2D eigenvalue weighted by molar-refractivity contribution is 5.75. The van der Waals surface area contributed by atoms with E-state index >= 15 is 0 Å². The number of anilines is 1. The molecule has 0 aliphatic rings. The second kappa shape index (κ2) is 7.03. The number of imidazole rings is 1. The summed E-state index contributed by atoms with van der Waals surface area (Å²) in [4.78, 5) is 34.4. The van der Waals surface area contributed by atoms with Crippen molar-refractivity contribution in [3.8, 4) is 0 Å². The van der Waals surface area contributed by atoms with Crippen molar-refractivity contribution >= 4 is 29.0 Å². The summed E-state index contributed by atoms with van der Waals surface area (Å²) >= 11 is 0. The maximum absolute atomic E-state index is 12.5. The smallest absolute Gasteiger partial charge is 0.332 e. The fourth-order valence-electron chi connectivity index (χ4n) is 2.89. The van der Waals surface area contributed by atoms with E-state index < -0.39 is 0 Å². The highest BCUT2D eigenvalue weighted by Crippen LogP contribution is 2.14. The minimum atomic E-state index is -0.334. The van der Waals surface area contributed by atoms with E-state index in [0.29, 0.717) is 30.1 Å². The first kappa shape index (κ1) is 17.7. The lowest BCUT2D eigenvalue weighted by Crippen LogP contribution is -2.39. The predicted molar refractivity (Wildman–Crippen MR) is 106 cm³/mol. The molecule has 1 N–H and O–H groups in total. The predicted octanol–water partition coefficient (Wildman–Crippen LogP) is 2.16. The number of fused-ring (bicyclic) bond motifs is 1. The summed E-state index contributed by atoms with van der Waals surface area (Å²) < 4.78 is 2.73. The number of aromatic amines is 1. The number of benzene rings is 1. The van der Waals surface area contributed by atoms with Crippen LogP contribution in [-0.4, -0.2) is 33.2 Å². The highest BCUT2D eigenvalue weighted by Gasteiger charge is 2.14. The van der Waals surface area contributed by atoms with E-state index in [2.05, 4.69) is 9.97 Å². The largest absolute Gasteiger partial charge is 0.378 e. The van der Waals surface area contributed by atoms with Gasteiger partial charge in [-0.15, -0.1) is 0 Å². The molecule has 0 amide bonds. The van der Waals surface area contributed by atoms with Crippen LogP contribution in [0, 0.1) is 0 Å². The van der Waals surface area contributed by atoms with E-state index in [1.54, 1.807) is 6.92 Å². The molecule has 2 heterocycles. The lowest BCUT2D eigenvalue weighted by Gasteiger charge is -2.11. The van der Waals surface area contributed by atoms with Gasteiger partial charge in [0.2, 0.25) is 0 Å². The number of aromatic nitrogens is 4. The van der Waals surface area contributed by atoms with Crippen molar-refractivity contribution in [2.24, 2.45) is 0 Å². The van der Waals surface area contributed by atoms with Crippen LogP contribution in [0.25, 0.3) is 23.3 Å². The molecule has 136 valence electrons. The lowest BCUT2D eigenvalue weighted by molar-refractivity contribution is 0.605. The number of aryl methyl sites for hydroxylation is 1. The third-order valence-electron chi connectivity index (χ3n) is 4.36. The first-order valence-electron chi connectivity index (χ1n) is 8.65. The summed E-state index contributed by atoms with van der Waals surface area (Å²) in [6.07, 6.45) is 3.73. The molecule has 0 atom stereocenters. The monoisotopic (exact) mass is 353 g/mol. The minimum absolute atomic E-state index is 0.325. The summed E-state index contributed by atoms with van der Waals surface area (Å²) in [5.74, 6) is 0.546. The summed E-state index contributed by atoms with van der Waals surface area (Å²) in [6.45, 7) is 4.43. The fraction of sp³-hybridized carbons (Fsp3) is 0.316. The van der Waals surface area contributed by atoms with Crippen LogP contribution >= 0.6 is 0 Å². The van der Waals surface area contributed by atoms with Crippen molar-refractivity contribution < 1.29 is 0 Å². The van der Waals surface area contributed by atoms with Crippen LogP contribution < -0.4 is 16.1 Å². The lowest BCUT2D eigenvalue weighted by atomic mass is 10.2. The Kier molecular flexibility index (Phi) is 4.79. The zero-order chi connectivity index (χ0) is 18.8. The summed E-state index contributed by atoms with van der Waals surface area (Å²) in [5, 5.41) is 0. The Hall–Kier alpha value is -3.09. The Morgan fingerprint density at radius 1 is 1.04 bits per heavy atom. The first-order valence-corrected chi connectivity index (χ1v) is 8.65. The second-order valence-corrected chi connectivity index (χ2v) is 6.22. The third-order valence-corrected chi connectivity index (χ3v) is 4.36. The Morgan fingerprint density at radius 2 is 1.69 bits per heavy atom. The Balaban J connectivity index is 2.03. The minimum Gasteiger partial charge on any atom is -0.378 e.